The molecule has 0 amide bonds. The van der Waals surface area contributed by atoms with E-state index in [1.54, 1.807) is 10.7 Å². The molecule has 0 saturated heterocycles. The molecular formula is C15H10BN3O. The summed E-state index contributed by atoms with van der Waals surface area (Å²) < 4.78 is 6.41. The Morgan fingerprint density at radius 2 is 2.05 bits per heavy atom. The SMILES string of the molecule is [B]Oc1cc(-c2ccc(C)cc2)c2c(C#N)cnn2c1. The van der Waals surface area contributed by atoms with E-state index >= 15 is 0 Å². The highest BCUT2D eigenvalue weighted by Crippen LogP contribution is 2.30. The summed E-state index contributed by atoms with van der Waals surface area (Å²) in [7, 11) is 5.25. The van der Waals surface area contributed by atoms with Gasteiger partial charge in [-0.15, -0.1) is 0 Å². The van der Waals surface area contributed by atoms with Crippen molar-refractivity contribution in [2.75, 3.05) is 0 Å². The monoisotopic (exact) mass is 259 g/mol. The molecule has 1 aromatic carbocycles. The standard InChI is InChI=1S/C15H10BN3O/c1-10-2-4-11(5-3-10)14-6-13(20-16)9-19-15(14)12(7-17)8-18-19/h2-6,8-9H,1H3. The Hall–Kier alpha value is -2.74. The van der Waals surface area contributed by atoms with Gasteiger partial charge in [0.05, 0.1) is 23.5 Å². The average Bonchev–Trinajstić information content (AvgIpc) is 2.90. The van der Waals surface area contributed by atoms with E-state index in [-0.39, 0.29) is 0 Å². The first-order valence-electron chi connectivity index (χ1n) is 6.08. The number of pyridine rings is 1. The second-order valence-corrected chi connectivity index (χ2v) is 4.54. The summed E-state index contributed by atoms with van der Waals surface area (Å²) >= 11 is 0. The number of aromatic nitrogens is 2. The number of nitriles is 1. The summed E-state index contributed by atoms with van der Waals surface area (Å²) in [5.41, 5.74) is 4.28. The van der Waals surface area contributed by atoms with Gasteiger partial charge in [-0.3, -0.25) is 0 Å². The molecule has 0 N–H and O–H groups in total. The molecule has 4 nitrogen and oxygen atoms in total. The Bertz CT molecular complexity index is 815. The van der Waals surface area contributed by atoms with E-state index in [1.165, 1.54) is 11.8 Å². The Morgan fingerprint density at radius 3 is 2.70 bits per heavy atom. The predicted octanol–water partition coefficient (Wildman–Crippen LogP) is 2.64. The lowest BCUT2D eigenvalue weighted by molar-refractivity contribution is 0.608. The second kappa shape index (κ2) is 4.74. The topological polar surface area (TPSA) is 50.3 Å². The van der Waals surface area contributed by atoms with Crippen LogP contribution in [0.3, 0.4) is 0 Å². The molecule has 0 unspecified atom stereocenters. The van der Waals surface area contributed by atoms with Gasteiger partial charge in [0.2, 0.25) is 0 Å². The number of aryl methyl sites for hydroxylation is 1. The van der Waals surface area contributed by atoms with Gasteiger partial charge in [0.15, 0.2) is 0 Å². The van der Waals surface area contributed by atoms with E-state index in [1.807, 2.05) is 37.3 Å². The fourth-order valence-corrected chi connectivity index (χ4v) is 2.20. The van der Waals surface area contributed by atoms with Crippen LogP contribution in [0.25, 0.3) is 16.6 Å². The molecule has 2 radical (unpaired) electrons. The van der Waals surface area contributed by atoms with Crippen LogP contribution in [-0.4, -0.2) is 17.7 Å². The molecule has 0 spiro atoms. The quantitative estimate of drug-likeness (QED) is 0.665. The zero-order chi connectivity index (χ0) is 14.1. The molecule has 2 heterocycles. The lowest BCUT2D eigenvalue weighted by Gasteiger charge is -2.09. The van der Waals surface area contributed by atoms with Gasteiger partial charge in [0.25, 0.3) is 0 Å². The highest BCUT2D eigenvalue weighted by atomic mass is 16.4. The number of nitrogens with zero attached hydrogens (tertiary/aromatic N) is 3. The van der Waals surface area contributed by atoms with Crippen molar-refractivity contribution in [2.45, 2.75) is 6.92 Å². The van der Waals surface area contributed by atoms with Crippen molar-refractivity contribution in [3.8, 4) is 22.9 Å². The van der Waals surface area contributed by atoms with Crippen molar-refractivity contribution in [1.82, 2.24) is 9.61 Å². The van der Waals surface area contributed by atoms with Crippen LogP contribution < -0.4 is 4.65 Å². The van der Waals surface area contributed by atoms with Crippen LogP contribution in [0.15, 0.2) is 42.7 Å². The smallest absolute Gasteiger partial charge is 0.374 e. The molecule has 0 aliphatic rings. The van der Waals surface area contributed by atoms with Gasteiger partial charge in [-0.25, -0.2) is 4.52 Å². The first kappa shape index (κ1) is 12.3. The minimum atomic E-state index is 0.487. The van der Waals surface area contributed by atoms with Crippen molar-refractivity contribution in [2.24, 2.45) is 0 Å². The lowest BCUT2D eigenvalue weighted by atomic mass is 10.0. The molecule has 0 bridgehead atoms. The molecule has 2 aromatic heterocycles. The molecule has 0 saturated carbocycles. The van der Waals surface area contributed by atoms with E-state index in [0.29, 0.717) is 11.3 Å². The lowest BCUT2D eigenvalue weighted by Crippen LogP contribution is -1.95. The summed E-state index contributed by atoms with van der Waals surface area (Å²) in [4.78, 5) is 0. The van der Waals surface area contributed by atoms with Gasteiger partial charge in [-0.2, -0.15) is 10.4 Å². The maximum Gasteiger partial charge on any atom is 0.374 e. The summed E-state index contributed by atoms with van der Waals surface area (Å²) in [5.74, 6) is 0.487. The molecule has 0 atom stereocenters. The molecular weight excluding hydrogens is 249 g/mol. The van der Waals surface area contributed by atoms with Crippen molar-refractivity contribution < 1.29 is 4.65 Å². The zero-order valence-corrected chi connectivity index (χ0v) is 10.9. The van der Waals surface area contributed by atoms with Crippen molar-refractivity contribution >= 4 is 13.6 Å². The Kier molecular flexibility index (Phi) is 2.92. The number of rotatable bonds is 2. The van der Waals surface area contributed by atoms with Gasteiger partial charge in [0, 0.05) is 5.56 Å². The molecule has 0 aliphatic heterocycles. The van der Waals surface area contributed by atoms with Gasteiger partial charge >= 0.3 is 8.05 Å². The fraction of sp³-hybridized carbons (Fsp3) is 0.0667. The molecule has 0 fully saturated rings. The first-order chi connectivity index (χ1) is 9.72. The van der Waals surface area contributed by atoms with E-state index in [0.717, 1.165) is 16.6 Å². The predicted molar refractivity (Wildman–Crippen MR) is 76.5 cm³/mol. The van der Waals surface area contributed by atoms with Crippen LogP contribution in [0, 0.1) is 18.3 Å². The Balaban J connectivity index is 2.34. The molecule has 5 heteroatoms. The minimum absolute atomic E-state index is 0.487. The van der Waals surface area contributed by atoms with Crippen LogP contribution in [0.2, 0.25) is 0 Å². The van der Waals surface area contributed by atoms with Crippen LogP contribution in [0.4, 0.5) is 0 Å². The minimum Gasteiger partial charge on any atom is -0.567 e. The van der Waals surface area contributed by atoms with E-state index in [2.05, 4.69) is 11.2 Å². The van der Waals surface area contributed by atoms with Crippen molar-refractivity contribution in [1.29, 1.82) is 5.26 Å². The van der Waals surface area contributed by atoms with Gasteiger partial charge in [0.1, 0.15) is 11.8 Å². The van der Waals surface area contributed by atoms with E-state index in [9.17, 15) is 5.26 Å². The maximum atomic E-state index is 9.21. The molecule has 0 aliphatic carbocycles. The number of benzene rings is 1. The van der Waals surface area contributed by atoms with Crippen LogP contribution >= 0.6 is 0 Å². The zero-order valence-electron chi connectivity index (χ0n) is 10.9. The molecule has 94 valence electrons. The summed E-state index contributed by atoms with van der Waals surface area (Å²) in [6.07, 6.45) is 3.18. The second-order valence-electron chi connectivity index (χ2n) is 4.54. The van der Waals surface area contributed by atoms with Crippen LogP contribution in [0.5, 0.6) is 5.75 Å². The van der Waals surface area contributed by atoms with Gasteiger partial charge < -0.3 is 4.65 Å². The largest absolute Gasteiger partial charge is 0.567 e. The Labute approximate surface area is 117 Å². The molecule has 3 rings (SSSR count). The summed E-state index contributed by atoms with van der Waals surface area (Å²) in [6, 6.07) is 12.0. The number of hydrogen-bond donors (Lipinski definition) is 0. The summed E-state index contributed by atoms with van der Waals surface area (Å²) in [5, 5.41) is 13.4. The first-order valence-corrected chi connectivity index (χ1v) is 6.08. The Morgan fingerprint density at radius 1 is 1.30 bits per heavy atom. The third-order valence-corrected chi connectivity index (χ3v) is 3.21. The summed E-state index contributed by atoms with van der Waals surface area (Å²) in [6.45, 7) is 2.03. The third-order valence-electron chi connectivity index (χ3n) is 3.21. The normalized spacial score (nSPS) is 10.4. The van der Waals surface area contributed by atoms with Crippen molar-refractivity contribution in [3.63, 3.8) is 0 Å². The van der Waals surface area contributed by atoms with Crippen LogP contribution in [-0.2, 0) is 0 Å². The molecule has 3 aromatic rings. The number of hydrogen-bond acceptors (Lipinski definition) is 3. The van der Waals surface area contributed by atoms with E-state index in [4.69, 9.17) is 12.7 Å². The highest BCUT2D eigenvalue weighted by molar-refractivity contribution is 6.00. The van der Waals surface area contributed by atoms with Gasteiger partial charge in [-0.1, -0.05) is 29.8 Å². The average molecular weight is 259 g/mol. The van der Waals surface area contributed by atoms with Gasteiger partial charge in [-0.05, 0) is 18.6 Å². The third kappa shape index (κ3) is 1.92. The van der Waals surface area contributed by atoms with E-state index < -0.39 is 0 Å². The van der Waals surface area contributed by atoms with Crippen molar-refractivity contribution in [3.05, 3.63) is 53.9 Å². The maximum absolute atomic E-state index is 9.21. The van der Waals surface area contributed by atoms with Crippen LogP contribution in [0.1, 0.15) is 11.1 Å². The molecule has 20 heavy (non-hydrogen) atoms. The highest BCUT2D eigenvalue weighted by Gasteiger charge is 2.12. The fourth-order valence-electron chi connectivity index (χ4n) is 2.20. The number of fused-ring (bicyclic) bond motifs is 1.